The maximum absolute atomic E-state index is 11.5. The lowest BCUT2D eigenvalue weighted by Crippen LogP contribution is -2.40. The molecule has 0 saturated heterocycles. The van der Waals surface area contributed by atoms with E-state index >= 15 is 0 Å². The molecule has 0 bridgehead atoms. The highest BCUT2D eigenvalue weighted by Gasteiger charge is 2.33. The van der Waals surface area contributed by atoms with Gasteiger partial charge in [-0.15, -0.1) is 0 Å². The Morgan fingerprint density at radius 1 is 1.00 bits per heavy atom. The predicted octanol–water partition coefficient (Wildman–Crippen LogP) is 3.07. The molecule has 0 saturated carbocycles. The highest BCUT2D eigenvalue weighted by atomic mass is 32.2. The second-order valence-electron chi connectivity index (χ2n) is 6.82. The fraction of sp³-hybridized carbons (Fsp3) is 0.381. The summed E-state index contributed by atoms with van der Waals surface area (Å²) in [5, 5.41) is 9.39. The lowest BCUT2D eigenvalue weighted by molar-refractivity contribution is -0.162. The van der Waals surface area contributed by atoms with Crippen LogP contribution in [0.1, 0.15) is 25.0 Å². The average Bonchev–Trinajstić information content (AvgIpc) is 2.63. The molecule has 1 N–H and O–H groups in total. The maximum atomic E-state index is 11.5. The number of hydrogen-bond acceptors (Lipinski definition) is 6. The molecule has 0 spiro atoms. The molecule has 29 heavy (non-hydrogen) atoms. The molecule has 0 aliphatic carbocycles. The van der Waals surface area contributed by atoms with Crippen molar-refractivity contribution in [2.24, 2.45) is 0 Å². The van der Waals surface area contributed by atoms with Gasteiger partial charge in [0.25, 0.3) is 0 Å². The van der Waals surface area contributed by atoms with Gasteiger partial charge < -0.3 is 18.8 Å². The molecule has 7 nitrogen and oxygen atoms in total. The number of aliphatic carboxylic acids is 1. The van der Waals surface area contributed by atoms with Crippen molar-refractivity contribution in [2.75, 3.05) is 19.5 Å². The lowest BCUT2D eigenvalue weighted by Gasteiger charge is -2.24. The van der Waals surface area contributed by atoms with Gasteiger partial charge in [-0.25, -0.2) is 4.79 Å². The summed E-state index contributed by atoms with van der Waals surface area (Å²) in [6.07, 6.45) is 1.90. The third-order valence-electron chi connectivity index (χ3n) is 4.21. The number of ether oxygens (including phenoxy) is 2. The van der Waals surface area contributed by atoms with Gasteiger partial charge in [0.15, 0.2) is 5.60 Å². The highest BCUT2D eigenvalue weighted by molar-refractivity contribution is 7.86. The number of rotatable bonds is 11. The number of carboxylic acid groups (broad SMARTS) is 1. The van der Waals surface area contributed by atoms with Crippen LogP contribution in [0.3, 0.4) is 0 Å². The van der Waals surface area contributed by atoms with Crippen molar-refractivity contribution in [3.8, 4) is 11.5 Å². The highest BCUT2D eigenvalue weighted by Crippen LogP contribution is 2.21. The first-order valence-corrected chi connectivity index (χ1v) is 11.0. The number of benzene rings is 2. The Hall–Kier alpha value is -2.58. The van der Waals surface area contributed by atoms with Gasteiger partial charge in [0.2, 0.25) is 0 Å². The molecule has 0 fully saturated rings. The summed E-state index contributed by atoms with van der Waals surface area (Å²) in [6.45, 7) is 4.10. The van der Waals surface area contributed by atoms with E-state index in [-0.39, 0.29) is 12.2 Å². The Kier molecular flexibility index (Phi) is 7.64. The van der Waals surface area contributed by atoms with Crippen LogP contribution in [0.15, 0.2) is 48.5 Å². The summed E-state index contributed by atoms with van der Waals surface area (Å²) in [7, 11) is -3.53. The lowest BCUT2D eigenvalue weighted by atomic mass is 9.96. The smallest absolute Gasteiger partial charge is 0.336 e. The second kappa shape index (κ2) is 9.76. The quantitative estimate of drug-likeness (QED) is 0.556. The van der Waals surface area contributed by atoms with Crippen molar-refractivity contribution in [3.05, 3.63) is 59.7 Å². The third-order valence-corrected chi connectivity index (χ3v) is 4.71. The molecule has 0 aliphatic rings. The molecule has 1 atom stereocenters. The van der Waals surface area contributed by atoms with Gasteiger partial charge in [-0.3, -0.25) is 0 Å². The maximum Gasteiger partial charge on any atom is 0.336 e. The zero-order chi connectivity index (χ0) is 21.5. The van der Waals surface area contributed by atoms with Crippen LogP contribution in [0.25, 0.3) is 0 Å². The van der Waals surface area contributed by atoms with E-state index in [2.05, 4.69) is 0 Å². The van der Waals surface area contributed by atoms with Crippen LogP contribution in [0, 0.1) is 0 Å². The predicted molar refractivity (Wildman–Crippen MR) is 109 cm³/mol. The monoisotopic (exact) mass is 422 g/mol. The SMILES string of the molecule is CCO[C@](C)(Cc1ccc(OCCc2ccc(OS(C)(=O)=O)cc2)cc1)C(=O)O. The first kappa shape index (κ1) is 22.7. The summed E-state index contributed by atoms with van der Waals surface area (Å²) in [4.78, 5) is 11.5. The minimum atomic E-state index is -3.53. The summed E-state index contributed by atoms with van der Waals surface area (Å²) in [5.41, 5.74) is 0.568. The Balaban J connectivity index is 1.86. The molecule has 0 amide bonds. The van der Waals surface area contributed by atoms with Crippen LogP contribution in [0.5, 0.6) is 11.5 Å². The fourth-order valence-electron chi connectivity index (χ4n) is 2.77. The first-order valence-electron chi connectivity index (χ1n) is 9.19. The summed E-state index contributed by atoms with van der Waals surface area (Å²) in [5.74, 6) is -0.0416. The molecule has 2 rings (SSSR count). The first-order chi connectivity index (χ1) is 13.6. The molecule has 2 aromatic rings. The molecule has 0 aliphatic heterocycles. The van der Waals surface area contributed by atoms with E-state index < -0.39 is 21.7 Å². The minimum absolute atomic E-state index is 0.262. The topological polar surface area (TPSA) is 99.1 Å². The molecular formula is C21H26O7S. The van der Waals surface area contributed by atoms with Gasteiger partial charge in [0, 0.05) is 19.4 Å². The van der Waals surface area contributed by atoms with Gasteiger partial charge in [0.05, 0.1) is 12.9 Å². The van der Waals surface area contributed by atoms with Crippen LogP contribution in [0.4, 0.5) is 0 Å². The van der Waals surface area contributed by atoms with Gasteiger partial charge in [-0.2, -0.15) is 8.42 Å². The Morgan fingerprint density at radius 2 is 1.55 bits per heavy atom. The van der Waals surface area contributed by atoms with E-state index in [1.807, 2.05) is 12.1 Å². The van der Waals surface area contributed by atoms with Gasteiger partial charge in [-0.1, -0.05) is 24.3 Å². The summed E-state index contributed by atoms with van der Waals surface area (Å²) >= 11 is 0. The molecule has 0 aromatic heterocycles. The Labute approximate surface area is 171 Å². The second-order valence-corrected chi connectivity index (χ2v) is 8.39. The molecule has 8 heteroatoms. The van der Waals surface area contributed by atoms with Crippen LogP contribution >= 0.6 is 0 Å². The van der Waals surface area contributed by atoms with Crippen LogP contribution in [-0.4, -0.2) is 44.6 Å². The largest absolute Gasteiger partial charge is 0.493 e. The van der Waals surface area contributed by atoms with E-state index in [0.717, 1.165) is 17.4 Å². The zero-order valence-electron chi connectivity index (χ0n) is 16.8. The summed E-state index contributed by atoms with van der Waals surface area (Å²) < 4.78 is 38.1. The average molecular weight is 422 g/mol. The van der Waals surface area contributed by atoms with Crippen LogP contribution in [0.2, 0.25) is 0 Å². The number of carboxylic acids is 1. The van der Waals surface area contributed by atoms with E-state index in [1.165, 1.54) is 0 Å². The normalized spacial score (nSPS) is 13.5. The van der Waals surface area contributed by atoms with Crippen molar-refractivity contribution in [1.82, 2.24) is 0 Å². The molecular weight excluding hydrogens is 396 g/mol. The fourth-order valence-corrected chi connectivity index (χ4v) is 3.23. The van der Waals surface area contributed by atoms with Crippen molar-refractivity contribution >= 4 is 16.1 Å². The van der Waals surface area contributed by atoms with Crippen molar-refractivity contribution < 1.29 is 32.0 Å². The molecule has 2 aromatic carbocycles. The van der Waals surface area contributed by atoms with Gasteiger partial charge in [0.1, 0.15) is 11.5 Å². The van der Waals surface area contributed by atoms with E-state index in [9.17, 15) is 18.3 Å². The summed E-state index contributed by atoms with van der Waals surface area (Å²) in [6, 6.07) is 14.0. The number of hydrogen-bond donors (Lipinski definition) is 1. The third kappa shape index (κ3) is 7.40. The molecule has 0 radical (unpaired) electrons. The molecule has 0 heterocycles. The molecule has 0 unspecified atom stereocenters. The van der Waals surface area contributed by atoms with E-state index in [1.54, 1.807) is 50.2 Å². The number of carbonyl (C=O) groups is 1. The van der Waals surface area contributed by atoms with Crippen molar-refractivity contribution in [3.63, 3.8) is 0 Å². The Morgan fingerprint density at radius 3 is 2.07 bits per heavy atom. The minimum Gasteiger partial charge on any atom is -0.493 e. The van der Waals surface area contributed by atoms with E-state index in [4.69, 9.17) is 13.7 Å². The zero-order valence-corrected chi connectivity index (χ0v) is 17.6. The van der Waals surface area contributed by atoms with Crippen molar-refractivity contribution in [1.29, 1.82) is 0 Å². The molecule has 158 valence electrons. The van der Waals surface area contributed by atoms with E-state index in [0.29, 0.717) is 25.4 Å². The van der Waals surface area contributed by atoms with Crippen LogP contribution in [-0.2, 0) is 32.5 Å². The Bertz CT molecular complexity index is 905. The standard InChI is InChI=1S/C21H26O7S/c1-4-27-21(2,20(22)23)15-17-7-9-18(10-8-17)26-14-13-16-5-11-19(12-6-16)28-29(3,24)25/h5-12H,4,13-15H2,1-3H3,(H,22,23)/t21-/m1/s1. The van der Waals surface area contributed by atoms with Gasteiger partial charge in [-0.05, 0) is 49.2 Å². The van der Waals surface area contributed by atoms with Crippen LogP contribution < -0.4 is 8.92 Å². The van der Waals surface area contributed by atoms with Crippen molar-refractivity contribution in [2.45, 2.75) is 32.3 Å². The van der Waals surface area contributed by atoms with Gasteiger partial charge >= 0.3 is 16.1 Å².